The molecule has 0 aromatic carbocycles. The molecule has 2 amide bonds. The van der Waals surface area contributed by atoms with Crippen LogP contribution in [0.25, 0.3) is 0 Å². The molecule has 0 bridgehead atoms. The average molecular weight is 267 g/mol. The molecule has 0 spiro atoms. The number of hydrogen-bond acceptors (Lipinski definition) is 3. The minimum Gasteiger partial charge on any atom is -0.351 e. The number of primary amides is 1. The standard InChI is InChI=1S/C13H21N3OS/c1-9-7-12(18-10(9)2)8-15-11-3-5-16(6-4-11)13(14)17/h7,11,15H,3-6,8H2,1-2H3,(H2,14,17). The van der Waals surface area contributed by atoms with Crippen LogP contribution < -0.4 is 11.1 Å². The van der Waals surface area contributed by atoms with Gasteiger partial charge in [-0.05, 0) is 38.3 Å². The molecule has 1 fully saturated rings. The first-order valence-corrected chi connectivity index (χ1v) is 7.21. The molecule has 1 aromatic rings. The Morgan fingerprint density at radius 1 is 1.50 bits per heavy atom. The molecule has 4 nitrogen and oxygen atoms in total. The van der Waals surface area contributed by atoms with E-state index < -0.39 is 0 Å². The van der Waals surface area contributed by atoms with Crippen molar-refractivity contribution in [3.8, 4) is 0 Å². The van der Waals surface area contributed by atoms with Gasteiger partial charge in [0.15, 0.2) is 0 Å². The molecule has 3 N–H and O–H groups in total. The van der Waals surface area contributed by atoms with Crippen LogP contribution in [0.4, 0.5) is 4.79 Å². The minimum atomic E-state index is -0.294. The maximum absolute atomic E-state index is 11.0. The second kappa shape index (κ2) is 5.71. The van der Waals surface area contributed by atoms with Crippen molar-refractivity contribution >= 4 is 17.4 Å². The number of carbonyl (C=O) groups is 1. The Kier molecular flexibility index (Phi) is 4.24. The Hall–Kier alpha value is -1.07. The fraction of sp³-hybridized carbons (Fsp3) is 0.615. The zero-order chi connectivity index (χ0) is 13.1. The normalized spacial score (nSPS) is 17.1. The molecule has 1 aliphatic rings. The number of nitrogens with zero attached hydrogens (tertiary/aromatic N) is 1. The summed E-state index contributed by atoms with van der Waals surface area (Å²) in [5, 5.41) is 3.57. The fourth-order valence-corrected chi connectivity index (χ4v) is 3.29. The molecule has 0 saturated carbocycles. The molecule has 0 atom stereocenters. The smallest absolute Gasteiger partial charge is 0.314 e. The maximum Gasteiger partial charge on any atom is 0.314 e. The van der Waals surface area contributed by atoms with E-state index in [4.69, 9.17) is 5.73 Å². The number of thiophene rings is 1. The van der Waals surface area contributed by atoms with Crippen LogP contribution >= 0.6 is 11.3 Å². The molecular weight excluding hydrogens is 246 g/mol. The first-order chi connectivity index (χ1) is 8.56. The van der Waals surface area contributed by atoms with Gasteiger partial charge in [0.2, 0.25) is 0 Å². The number of hydrogen-bond donors (Lipinski definition) is 2. The Bertz CT molecular complexity index is 402. The van der Waals surface area contributed by atoms with Crippen LogP contribution in [-0.4, -0.2) is 30.1 Å². The first-order valence-electron chi connectivity index (χ1n) is 6.40. The molecule has 1 aromatic heterocycles. The van der Waals surface area contributed by atoms with Gasteiger partial charge in [-0.15, -0.1) is 11.3 Å². The van der Waals surface area contributed by atoms with Gasteiger partial charge in [-0.2, -0.15) is 0 Å². The Morgan fingerprint density at radius 3 is 2.67 bits per heavy atom. The molecule has 100 valence electrons. The number of nitrogens with one attached hydrogen (secondary N) is 1. The third kappa shape index (κ3) is 3.23. The highest BCUT2D eigenvalue weighted by molar-refractivity contribution is 7.12. The number of amides is 2. The number of nitrogens with two attached hydrogens (primary N) is 1. The van der Waals surface area contributed by atoms with Crippen molar-refractivity contribution in [2.24, 2.45) is 5.73 Å². The number of urea groups is 1. The van der Waals surface area contributed by atoms with Crippen LogP contribution in [0.5, 0.6) is 0 Å². The highest BCUT2D eigenvalue weighted by atomic mass is 32.1. The second-order valence-corrected chi connectivity index (χ2v) is 6.27. The summed E-state index contributed by atoms with van der Waals surface area (Å²) >= 11 is 1.86. The van der Waals surface area contributed by atoms with E-state index in [9.17, 15) is 4.79 Å². The van der Waals surface area contributed by atoms with Gasteiger partial charge in [0.05, 0.1) is 0 Å². The fourth-order valence-electron chi connectivity index (χ4n) is 2.29. The van der Waals surface area contributed by atoms with Crippen LogP contribution in [0.2, 0.25) is 0 Å². The van der Waals surface area contributed by atoms with Crippen LogP contribution in [0, 0.1) is 13.8 Å². The Morgan fingerprint density at radius 2 is 2.17 bits per heavy atom. The van der Waals surface area contributed by atoms with Gasteiger partial charge in [-0.25, -0.2) is 4.79 Å². The minimum absolute atomic E-state index is 0.294. The summed E-state index contributed by atoms with van der Waals surface area (Å²) in [6.45, 7) is 6.79. The lowest BCUT2D eigenvalue weighted by atomic mass is 10.1. The number of piperidine rings is 1. The Labute approximate surface area is 112 Å². The van der Waals surface area contributed by atoms with Crippen LogP contribution in [-0.2, 0) is 6.54 Å². The van der Waals surface area contributed by atoms with Gasteiger partial charge < -0.3 is 16.0 Å². The van der Waals surface area contributed by atoms with Crippen LogP contribution in [0.3, 0.4) is 0 Å². The average Bonchev–Trinajstić information content (AvgIpc) is 2.67. The quantitative estimate of drug-likeness (QED) is 0.880. The Balaban J connectivity index is 1.77. The first kappa shape index (κ1) is 13.4. The predicted octanol–water partition coefficient (Wildman–Crippen LogP) is 2.00. The van der Waals surface area contributed by atoms with E-state index in [2.05, 4.69) is 25.2 Å². The molecular formula is C13H21N3OS. The van der Waals surface area contributed by atoms with Crippen molar-refractivity contribution in [2.45, 2.75) is 39.3 Å². The van der Waals surface area contributed by atoms with Crippen molar-refractivity contribution in [3.05, 3.63) is 21.4 Å². The lowest BCUT2D eigenvalue weighted by molar-refractivity contribution is 0.185. The number of carbonyl (C=O) groups excluding carboxylic acids is 1. The lowest BCUT2D eigenvalue weighted by Gasteiger charge is -2.31. The molecule has 0 unspecified atom stereocenters. The third-order valence-electron chi connectivity index (χ3n) is 3.59. The van der Waals surface area contributed by atoms with Crippen LogP contribution in [0.1, 0.15) is 28.2 Å². The predicted molar refractivity (Wildman–Crippen MR) is 74.8 cm³/mol. The van der Waals surface area contributed by atoms with Gasteiger partial charge in [-0.1, -0.05) is 0 Å². The summed E-state index contributed by atoms with van der Waals surface area (Å²) < 4.78 is 0. The summed E-state index contributed by atoms with van der Waals surface area (Å²) in [6.07, 6.45) is 1.98. The van der Waals surface area contributed by atoms with E-state index in [1.165, 1.54) is 15.3 Å². The van der Waals surface area contributed by atoms with Gasteiger partial charge in [-0.3, -0.25) is 0 Å². The number of aryl methyl sites for hydroxylation is 2. The molecule has 2 rings (SSSR count). The molecule has 1 aliphatic heterocycles. The lowest BCUT2D eigenvalue weighted by Crippen LogP contribution is -2.46. The van der Waals surface area contributed by atoms with Crippen molar-refractivity contribution in [2.75, 3.05) is 13.1 Å². The van der Waals surface area contributed by atoms with E-state index in [1.807, 2.05) is 11.3 Å². The van der Waals surface area contributed by atoms with E-state index >= 15 is 0 Å². The summed E-state index contributed by atoms with van der Waals surface area (Å²) in [4.78, 5) is 15.5. The molecule has 5 heteroatoms. The van der Waals surface area contributed by atoms with Gasteiger partial charge in [0.25, 0.3) is 0 Å². The highest BCUT2D eigenvalue weighted by Crippen LogP contribution is 2.21. The van der Waals surface area contributed by atoms with E-state index in [0.717, 1.165) is 32.5 Å². The SMILES string of the molecule is Cc1cc(CNC2CCN(C(N)=O)CC2)sc1C. The molecule has 0 aliphatic carbocycles. The van der Waals surface area contributed by atoms with Gasteiger partial charge >= 0.3 is 6.03 Å². The summed E-state index contributed by atoms with van der Waals surface area (Å²) in [5.41, 5.74) is 6.64. The van der Waals surface area contributed by atoms with Crippen molar-refractivity contribution in [1.29, 1.82) is 0 Å². The van der Waals surface area contributed by atoms with Gasteiger partial charge in [0.1, 0.15) is 0 Å². The molecule has 18 heavy (non-hydrogen) atoms. The topological polar surface area (TPSA) is 58.4 Å². The molecule has 0 radical (unpaired) electrons. The maximum atomic E-state index is 11.0. The largest absolute Gasteiger partial charge is 0.351 e. The monoisotopic (exact) mass is 267 g/mol. The van der Waals surface area contributed by atoms with Crippen molar-refractivity contribution in [3.63, 3.8) is 0 Å². The zero-order valence-corrected chi connectivity index (χ0v) is 11.8. The molecule has 1 saturated heterocycles. The third-order valence-corrected chi connectivity index (χ3v) is 4.74. The van der Waals surface area contributed by atoms with Crippen LogP contribution in [0.15, 0.2) is 6.07 Å². The summed E-state index contributed by atoms with van der Waals surface area (Å²) in [5.74, 6) is 0. The summed E-state index contributed by atoms with van der Waals surface area (Å²) in [7, 11) is 0. The van der Waals surface area contributed by atoms with Crippen molar-refractivity contribution in [1.82, 2.24) is 10.2 Å². The number of likely N-dealkylation sites (tertiary alicyclic amines) is 1. The van der Waals surface area contributed by atoms with E-state index in [0.29, 0.717) is 6.04 Å². The van der Waals surface area contributed by atoms with Gasteiger partial charge in [0, 0.05) is 35.4 Å². The highest BCUT2D eigenvalue weighted by Gasteiger charge is 2.20. The zero-order valence-electron chi connectivity index (χ0n) is 11.0. The summed E-state index contributed by atoms with van der Waals surface area (Å²) in [6, 6.07) is 2.47. The number of rotatable bonds is 3. The van der Waals surface area contributed by atoms with E-state index in [-0.39, 0.29) is 6.03 Å². The van der Waals surface area contributed by atoms with Crippen molar-refractivity contribution < 1.29 is 4.79 Å². The second-order valence-electron chi connectivity index (χ2n) is 4.93. The van der Waals surface area contributed by atoms with E-state index in [1.54, 1.807) is 4.90 Å². The molecule has 2 heterocycles.